The van der Waals surface area contributed by atoms with Crippen molar-refractivity contribution in [3.05, 3.63) is 0 Å². The van der Waals surface area contributed by atoms with Crippen LogP contribution in [0.15, 0.2) is 0 Å². The minimum absolute atomic E-state index is 0.112. The van der Waals surface area contributed by atoms with Crippen LogP contribution < -0.4 is 0 Å². The predicted molar refractivity (Wildman–Crippen MR) is 78.7 cm³/mol. The highest BCUT2D eigenvalue weighted by Gasteiger charge is 2.46. The fourth-order valence-corrected chi connectivity index (χ4v) is 4.15. The molecular weight excluding hydrogens is 268 g/mol. The molecule has 3 rings (SSSR count). The van der Waals surface area contributed by atoms with Gasteiger partial charge < -0.3 is 14.5 Å². The van der Waals surface area contributed by atoms with Gasteiger partial charge in [-0.15, -0.1) is 0 Å². The molecule has 118 valence electrons. The topological polar surface area (TPSA) is 49.9 Å². The van der Waals surface area contributed by atoms with Crippen molar-refractivity contribution >= 4 is 11.8 Å². The lowest BCUT2D eigenvalue weighted by atomic mass is 9.84. The quantitative estimate of drug-likeness (QED) is 0.793. The summed E-state index contributed by atoms with van der Waals surface area (Å²) in [6.07, 6.45) is 5.44. The number of hydrogen-bond acceptors (Lipinski definition) is 3. The van der Waals surface area contributed by atoms with E-state index in [0.29, 0.717) is 6.61 Å². The lowest BCUT2D eigenvalue weighted by Gasteiger charge is -2.47. The number of carbonyl (C=O) groups is 2. The van der Waals surface area contributed by atoms with E-state index in [0.717, 1.165) is 45.1 Å². The van der Waals surface area contributed by atoms with Crippen molar-refractivity contribution < 1.29 is 14.3 Å². The Kier molecular flexibility index (Phi) is 3.95. The van der Waals surface area contributed by atoms with E-state index >= 15 is 0 Å². The van der Waals surface area contributed by atoms with Crippen LogP contribution in [0.4, 0.5) is 0 Å². The Morgan fingerprint density at radius 1 is 1.19 bits per heavy atom. The number of piperazine rings is 1. The van der Waals surface area contributed by atoms with Crippen molar-refractivity contribution in [3.63, 3.8) is 0 Å². The Balaban J connectivity index is 1.76. The normalized spacial score (nSPS) is 32.5. The molecule has 3 saturated heterocycles. The van der Waals surface area contributed by atoms with Gasteiger partial charge in [0.25, 0.3) is 0 Å². The molecule has 0 spiro atoms. The SMILES string of the molecule is CCC1(CC)CC(N2CC(=O)N3CCCC3C2=O)CCO1. The summed E-state index contributed by atoms with van der Waals surface area (Å²) in [7, 11) is 0. The Labute approximate surface area is 126 Å². The van der Waals surface area contributed by atoms with E-state index in [1.165, 1.54) is 0 Å². The van der Waals surface area contributed by atoms with Gasteiger partial charge in [-0.05, 0) is 38.5 Å². The summed E-state index contributed by atoms with van der Waals surface area (Å²) in [6.45, 7) is 6.01. The van der Waals surface area contributed by atoms with Gasteiger partial charge in [0.2, 0.25) is 11.8 Å². The molecular formula is C16H26N2O3. The Bertz CT molecular complexity index is 433. The van der Waals surface area contributed by atoms with Gasteiger partial charge in [0.05, 0.1) is 5.60 Å². The molecule has 0 aliphatic carbocycles. The average Bonchev–Trinajstić information content (AvgIpc) is 3.01. The van der Waals surface area contributed by atoms with Gasteiger partial charge in [-0.3, -0.25) is 9.59 Å². The minimum atomic E-state index is -0.188. The standard InChI is InChI=1S/C16H26N2O3/c1-3-16(4-2)10-12(7-9-21-16)18-11-14(19)17-8-5-6-13(17)15(18)20/h12-13H,3-11H2,1-2H3. The third-order valence-corrected chi connectivity index (χ3v) is 5.64. The summed E-state index contributed by atoms with van der Waals surface area (Å²) in [5, 5.41) is 0. The van der Waals surface area contributed by atoms with Crippen LogP contribution in [0.25, 0.3) is 0 Å². The van der Waals surface area contributed by atoms with Crippen LogP contribution >= 0.6 is 0 Å². The molecule has 2 unspecified atom stereocenters. The Morgan fingerprint density at radius 3 is 2.67 bits per heavy atom. The van der Waals surface area contributed by atoms with Crippen molar-refractivity contribution in [1.82, 2.24) is 9.80 Å². The van der Waals surface area contributed by atoms with Crippen molar-refractivity contribution in [2.24, 2.45) is 0 Å². The zero-order valence-corrected chi connectivity index (χ0v) is 13.1. The number of carbonyl (C=O) groups excluding carboxylic acids is 2. The average molecular weight is 294 g/mol. The van der Waals surface area contributed by atoms with Crippen LogP contribution in [0.1, 0.15) is 52.4 Å². The van der Waals surface area contributed by atoms with E-state index < -0.39 is 0 Å². The van der Waals surface area contributed by atoms with E-state index in [4.69, 9.17) is 4.74 Å². The molecule has 0 saturated carbocycles. The Morgan fingerprint density at radius 2 is 1.95 bits per heavy atom. The highest BCUT2D eigenvalue weighted by atomic mass is 16.5. The van der Waals surface area contributed by atoms with Crippen LogP contribution in [0.2, 0.25) is 0 Å². The highest BCUT2D eigenvalue weighted by Crippen LogP contribution is 2.35. The maximum atomic E-state index is 12.7. The summed E-state index contributed by atoms with van der Waals surface area (Å²) in [6, 6.07) is -0.0235. The fourth-order valence-electron chi connectivity index (χ4n) is 4.15. The third kappa shape index (κ3) is 2.45. The lowest BCUT2D eigenvalue weighted by Crippen LogP contribution is -2.62. The number of rotatable bonds is 3. The molecule has 2 amide bonds. The molecule has 3 fully saturated rings. The molecule has 0 aromatic rings. The monoisotopic (exact) mass is 294 g/mol. The van der Waals surface area contributed by atoms with Gasteiger partial charge >= 0.3 is 0 Å². The summed E-state index contributed by atoms with van der Waals surface area (Å²) >= 11 is 0. The first-order valence-corrected chi connectivity index (χ1v) is 8.34. The summed E-state index contributed by atoms with van der Waals surface area (Å²) < 4.78 is 6.00. The first kappa shape index (κ1) is 14.8. The maximum Gasteiger partial charge on any atom is 0.246 e. The maximum absolute atomic E-state index is 12.7. The van der Waals surface area contributed by atoms with Gasteiger partial charge in [-0.2, -0.15) is 0 Å². The zero-order chi connectivity index (χ0) is 15.0. The van der Waals surface area contributed by atoms with Crippen molar-refractivity contribution in [2.75, 3.05) is 19.7 Å². The minimum Gasteiger partial charge on any atom is -0.375 e. The number of amides is 2. The van der Waals surface area contributed by atoms with E-state index in [1.807, 2.05) is 4.90 Å². The fraction of sp³-hybridized carbons (Fsp3) is 0.875. The molecule has 5 heteroatoms. The van der Waals surface area contributed by atoms with Crippen LogP contribution in [-0.2, 0) is 14.3 Å². The highest BCUT2D eigenvalue weighted by molar-refractivity contribution is 5.95. The molecule has 5 nitrogen and oxygen atoms in total. The van der Waals surface area contributed by atoms with Crippen molar-refractivity contribution in [3.8, 4) is 0 Å². The largest absolute Gasteiger partial charge is 0.375 e. The molecule has 2 atom stereocenters. The third-order valence-electron chi connectivity index (χ3n) is 5.64. The first-order chi connectivity index (χ1) is 10.1. The van der Waals surface area contributed by atoms with Crippen LogP contribution in [0, 0.1) is 0 Å². The molecule has 21 heavy (non-hydrogen) atoms. The Hall–Kier alpha value is -1.10. The second-order valence-electron chi connectivity index (χ2n) is 6.60. The van der Waals surface area contributed by atoms with Crippen molar-refractivity contribution in [2.45, 2.75) is 70.1 Å². The second kappa shape index (κ2) is 5.59. The van der Waals surface area contributed by atoms with Crippen molar-refractivity contribution in [1.29, 1.82) is 0 Å². The molecule has 0 N–H and O–H groups in total. The van der Waals surface area contributed by atoms with Gasteiger partial charge in [0, 0.05) is 19.2 Å². The summed E-state index contributed by atoms with van der Waals surface area (Å²) in [4.78, 5) is 28.6. The number of hydrogen-bond donors (Lipinski definition) is 0. The van der Waals surface area contributed by atoms with E-state index in [2.05, 4.69) is 13.8 Å². The van der Waals surface area contributed by atoms with E-state index in [1.54, 1.807) is 4.90 Å². The smallest absolute Gasteiger partial charge is 0.246 e. The van der Waals surface area contributed by atoms with Gasteiger partial charge in [-0.1, -0.05) is 13.8 Å². The van der Waals surface area contributed by atoms with Gasteiger partial charge in [0.1, 0.15) is 12.6 Å². The van der Waals surface area contributed by atoms with Crippen LogP contribution in [-0.4, -0.2) is 59.0 Å². The van der Waals surface area contributed by atoms with Gasteiger partial charge in [0.15, 0.2) is 0 Å². The molecule has 0 aromatic carbocycles. The predicted octanol–water partition coefficient (Wildman–Crippen LogP) is 1.56. The van der Waals surface area contributed by atoms with Crippen LogP contribution in [0.5, 0.6) is 0 Å². The summed E-state index contributed by atoms with van der Waals surface area (Å²) in [5.41, 5.74) is -0.112. The molecule has 3 aliphatic heterocycles. The van der Waals surface area contributed by atoms with E-state index in [-0.39, 0.29) is 36.0 Å². The number of ether oxygens (including phenoxy) is 1. The van der Waals surface area contributed by atoms with Crippen LogP contribution in [0.3, 0.4) is 0 Å². The number of fused-ring (bicyclic) bond motifs is 1. The zero-order valence-electron chi connectivity index (χ0n) is 13.1. The number of nitrogens with zero attached hydrogens (tertiary/aromatic N) is 2. The molecule has 0 aromatic heterocycles. The molecule has 3 heterocycles. The molecule has 3 aliphatic rings. The van der Waals surface area contributed by atoms with Gasteiger partial charge in [-0.25, -0.2) is 0 Å². The second-order valence-corrected chi connectivity index (χ2v) is 6.60. The molecule has 0 bridgehead atoms. The molecule has 0 radical (unpaired) electrons. The summed E-state index contributed by atoms with van der Waals surface area (Å²) in [5.74, 6) is 0.294. The van der Waals surface area contributed by atoms with E-state index in [9.17, 15) is 9.59 Å². The lowest BCUT2D eigenvalue weighted by molar-refractivity contribution is -0.163. The first-order valence-electron chi connectivity index (χ1n) is 8.34.